The average molecular weight is 498 g/mol. The monoisotopic (exact) mass is 497 g/mol. The Kier molecular flexibility index (Phi) is 6.97. The fraction of sp³-hybridized carbons (Fsp3) is 0.292. The molecule has 11 heteroatoms. The van der Waals surface area contributed by atoms with Crippen LogP contribution in [-0.4, -0.2) is 41.4 Å². The van der Waals surface area contributed by atoms with E-state index in [4.69, 9.17) is 22.1 Å². The van der Waals surface area contributed by atoms with Crippen LogP contribution in [-0.2, 0) is 15.1 Å². The minimum Gasteiger partial charge on any atom is -0.369 e. The summed E-state index contributed by atoms with van der Waals surface area (Å²) in [5.41, 5.74) is 5.37. The van der Waals surface area contributed by atoms with Gasteiger partial charge in [0.1, 0.15) is 17.1 Å². The summed E-state index contributed by atoms with van der Waals surface area (Å²) in [6.45, 7) is 3.56. The van der Waals surface area contributed by atoms with E-state index in [1.165, 1.54) is 30.5 Å². The quantitative estimate of drug-likeness (QED) is 0.410. The van der Waals surface area contributed by atoms with Gasteiger partial charge in [0, 0.05) is 41.0 Å². The average Bonchev–Trinajstić information content (AvgIpc) is 2.85. The van der Waals surface area contributed by atoms with E-state index in [1.807, 2.05) is 0 Å². The summed E-state index contributed by atoms with van der Waals surface area (Å²) in [7, 11) is 0. The molecule has 1 fully saturated rings. The molecule has 1 aliphatic carbocycles. The fourth-order valence-electron chi connectivity index (χ4n) is 4.40. The van der Waals surface area contributed by atoms with Crippen molar-refractivity contribution >= 4 is 29.1 Å². The number of carbonyl (C=O) groups excluding carboxylic acids is 2. The molecule has 4 rings (SSSR count). The predicted molar refractivity (Wildman–Crippen MR) is 129 cm³/mol. The number of primary amides is 1. The Balaban J connectivity index is 1.68. The van der Waals surface area contributed by atoms with E-state index in [0.717, 1.165) is 6.54 Å². The lowest BCUT2D eigenvalue weighted by Crippen LogP contribution is -2.49. The number of hydrogen-bond donors (Lipinski definition) is 3. The molecule has 3 unspecified atom stereocenters. The minimum absolute atomic E-state index is 0.153. The van der Waals surface area contributed by atoms with Crippen molar-refractivity contribution in [2.45, 2.75) is 18.6 Å². The van der Waals surface area contributed by atoms with Crippen LogP contribution in [0.25, 0.3) is 0 Å². The number of aryl methyl sites for hydroxylation is 1. The number of nitrogens with two attached hydrogens (primary N) is 1. The van der Waals surface area contributed by atoms with Gasteiger partial charge in [-0.15, -0.1) is 0 Å². The predicted octanol–water partition coefficient (Wildman–Crippen LogP) is 2.57. The fourth-order valence-corrected chi connectivity index (χ4v) is 4.76. The van der Waals surface area contributed by atoms with Crippen molar-refractivity contribution < 1.29 is 19.2 Å². The number of carbonyl (C=O) groups is 2. The van der Waals surface area contributed by atoms with E-state index < -0.39 is 28.2 Å². The largest absolute Gasteiger partial charge is 0.369 e. The normalized spacial score (nSPS) is 23.9. The molecule has 2 aromatic rings. The van der Waals surface area contributed by atoms with Crippen LogP contribution in [0.1, 0.15) is 33.3 Å². The summed E-state index contributed by atoms with van der Waals surface area (Å²) in [6.07, 6.45) is 5.47. The molecular formula is C24H24ClN5O5. The van der Waals surface area contributed by atoms with Gasteiger partial charge in [-0.25, -0.2) is 0 Å². The Morgan fingerprint density at radius 2 is 2.14 bits per heavy atom. The van der Waals surface area contributed by atoms with Gasteiger partial charge < -0.3 is 21.1 Å². The van der Waals surface area contributed by atoms with Crippen LogP contribution >= 0.6 is 11.6 Å². The zero-order valence-electron chi connectivity index (χ0n) is 18.9. The topological polar surface area (TPSA) is 149 Å². The Labute approximate surface area is 206 Å². The maximum Gasteiger partial charge on any atom is 0.297 e. The molecule has 1 aromatic carbocycles. The van der Waals surface area contributed by atoms with Crippen molar-refractivity contribution in [3.63, 3.8) is 0 Å². The van der Waals surface area contributed by atoms with Gasteiger partial charge in [0.25, 0.3) is 11.4 Å². The molecular weight excluding hydrogens is 474 g/mol. The van der Waals surface area contributed by atoms with E-state index >= 15 is 0 Å². The first-order valence-electron chi connectivity index (χ1n) is 10.9. The number of allylic oxidation sites excluding steroid dienone is 2. The molecule has 10 nitrogen and oxygen atoms in total. The Hall–Kier alpha value is -3.60. The molecule has 182 valence electrons. The van der Waals surface area contributed by atoms with Crippen molar-refractivity contribution in [3.8, 4) is 0 Å². The van der Waals surface area contributed by atoms with E-state index in [0.29, 0.717) is 35.7 Å². The smallest absolute Gasteiger partial charge is 0.297 e. The Morgan fingerprint density at radius 1 is 1.34 bits per heavy atom. The van der Waals surface area contributed by atoms with Crippen molar-refractivity contribution in [1.82, 2.24) is 10.3 Å². The molecule has 0 bridgehead atoms. The van der Waals surface area contributed by atoms with Crippen LogP contribution in [0.3, 0.4) is 0 Å². The molecule has 3 atom stereocenters. The molecule has 1 saturated heterocycles. The molecule has 2 heterocycles. The van der Waals surface area contributed by atoms with Gasteiger partial charge in [-0.1, -0.05) is 29.8 Å². The standard InChI is InChI=1S/C24H24ClN5O5/c1-14-5-6-16(12-18(14)24(30(33)34)17(22(26)31)3-2-4-21(24)25)29-23(32)15-7-8-28-19(11-15)20-13-27-9-10-35-20/h2-8,11-12,17,20,27H,9-10,13H2,1H3,(H2,26,31)(H,29,32). The Bertz CT molecular complexity index is 1240. The van der Waals surface area contributed by atoms with Crippen LogP contribution in [0.4, 0.5) is 5.69 Å². The zero-order chi connectivity index (χ0) is 25.2. The van der Waals surface area contributed by atoms with Gasteiger partial charge in [-0.3, -0.25) is 24.7 Å². The first-order chi connectivity index (χ1) is 16.7. The number of aromatic nitrogens is 1. The van der Waals surface area contributed by atoms with Gasteiger partial charge in [0.05, 0.1) is 12.3 Å². The third-order valence-corrected chi connectivity index (χ3v) is 6.58. The summed E-state index contributed by atoms with van der Waals surface area (Å²) in [5.74, 6) is -2.63. The molecule has 2 aliphatic rings. The van der Waals surface area contributed by atoms with E-state index in [1.54, 1.807) is 31.2 Å². The van der Waals surface area contributed by atoms with Crippen LogP contribution < -0.4 is 16.4 Å². The molecule has 0 radical (unpaired) electrons. The second kappa shape index (κ2) is 9.95. The maximum atomic E-state index is 13.0. The van der Waals surface area contributed by atoms with Crippen molar-refractivity contribution in [2.75, 3.05) is 25.0 Å². The number of amides is 2. The summed E-state index contributed by atoms with van der Waals surface area (Å²) in [5, 5.41) is 18.3. The molecule has 0 spiro atoms. The first-order valence-corrected chi connectivity index (χ1v) is 11.3. The van der Waals surface area contributed by atoms with E-state index in [9.17, 15) is 19.7 Å². The minimum atomic E-state index is -2.11. The highest BCUT2D eigenvalue weighted by atomic mass is 35.5. The third kappa shape index (κ3) is 4.55. The number of pyridine rings is 1. The lowest BCUT2D eigenvalue weighted by molar-refractivity contribution is -0.571. The molecule has 1 aromatic heterocycles. The molecule has 35 heavy (non-hydrogen) atoms. The number of rotatable bonds is 6. The highest BCUT2D eigenvalue weighted by Gasteiger charge is 2.58. The summed E-state index contributed by atoms with van der Waals surface area (Å²) < 4.78 is 5.70. The Morgan fingerprint density at radius 3 is 2.83 bits per heavy atom. The molecule has 1 aliphatic heterocycles. The highest BCUT2D eigenvalue weighted by Crippen LogP contribution is 2.46. The number of nitrogens with one attached hydrogen (secondary N) is 2. The van der Waals surface area contributed by atoms with E-state index in [-0.39, 0.29) is 16.7 Å². The highest BCUT2D eigenvalue weighted by molar-refractivity contribution is 6.31. The maximum absolute atomic E-state index is 13.0. The van der Waals surface area contributed by atoms with Crippen molar-refractivity contribution in [1.29, 1.82) is 0 Å². The van der Waals surface area contributed by atoms with Crippen LogP contribution in [0.5, 0.6) is 0 Å². The van der Waals surface area contributed by atoms with E-state index in [2.05, 4.69) is 15.6 Å². The van der Waals surface area contributed by atoms with Gasteiger partial charge >= 0.3 is 0 Å². The summed E-state index contributed by atoms with van der Waals surface area (Å²) >= 11 is 6.37. The number of nitrogens with zero attached hydrogens (tertiary/aromatic N) is 2. The lowest BCUT2D eigenvalue weighted by atomic mass is 9.73. The number of halogens is 1. The number of ether oxygens (including phenoxy) is 1. The van der Waals surface area contributed by atoms with Crippen molar-refractivity contribution in [3.05, 3.63) is 92.3 Å². The molecule has 0 saturated carbocycles. The first kappa shape index (κ1) is 24.5. The SMILES string of the molecule is Cc1ccc(NC(=O)c2ccnc(C3CNCCO3)c2)cc1C1([N+](=O)[O-])C(Cl)=CC=CC1C(N)=O. The number of hydrogen-bond acceptors (Lipinski definition) is 7. The zero-order valence-corrected chi connectivity index (χ0v) is 19.6. The summed E-state index contributed by atoms with van der Waals surface area (Å²) in [6, 6.07) is 7.91. The number of nitro groups is 1. The van der Waals surface area contributed by atoms with Gasteiger partial charge in [-0.05, 0) is 42.8 Å². The van der Waals surface area contributed by atoms with Gasteiger partial charge in [0.15, 0.2) is 0 Å². The van der Waals surface area contributed by atoms with Gasteiger partial charge in [0.2, 0.25) is 5.91 Å². The van der Waals surface area contributed by atoms with Crippen molar-refractivity contribution in [2.24, 2.45) is 11.7 Å². The van der Waals surface area contributed by atoms with Gasteiger partial charge in [-0.2, -0.15) is 0 Å². The van der Waals surface area contributed by atoms with Crippen LogP contribution in [0, 0.1) is 23.0 Å². The molecule has 4 N–H and O–H groups in total. The summed E-state index contributed by atoms with van der Waals surface area (Å²) in [4.78, 5) is 41.4. The molecule has 2 amide bonds. The number of morpholine rings is 1. The number of anilines is 1. The number of benzene rings is 1. The van der Waals surface area contributed by atoms with Crippen LogP contribution in [0.2, 0.25) is 0 Å². The third-order valence-electron chi connectivity index (χ3n) is 6.16. The van der Waals surface area contributed by atoms with Crippen LogP contribution in [0.15, 0.2) is 59.8 Å². The lowest BCUT2D eigenvalue weighted by Gasteiger charge is -2.32. The second-order valence-electron chi connectivity index (χ2n) is 8.32. The second-order valence-corrected chi connectivity index (χ2v) is 8.73.